The minimum atomic E-state index is -4.06. The number of halogens is 1. The Morgan fingerprint density at radius 2 is 1.68 bits per heavy atom. The summed E-state index contributed by atoms with van der Waals surface area (Å²) in [6.07, 6.45) is 0.193. The van der Waals surface area contributed by atoms with E-state index in [0.29, 0.717) is 16.3 Å². The molecule has 152 valence electrons. The van der Waals surface area contributed by atoms with Crippen molar-refractivity contribution in [2.24, 2.45) is 5.92 Å². The van der Waals surface area contributed by atoms with Gasteiger partial charge in [0.05, 0.1) is 12.0 Å². The van der Waals surface area contributed by atoms with Crippen molar-refractivity contribution < 1.29 is 23.1 Å². The van der Waals surface area contributed by atoms with Crippen LogP contribution in [-0.4, -0.2) is 37.0 Å². The van der Waals surface area contributed by atoms with Crippen molar-refractivity contribution >= 4 is 27.6 Å². The van der Waals surface area contributed by atoms with E-state index in [4.69, 9.17) is 16.3 Å². The van der Waals surface area contributed by atoms with Crippen molar-refractivity contribution in [2.45, 2.75) is 37.8 Å². The van der Waals surface area contributed by atoms with Gasteiger partial charge in [-0.25, -0.2) is 8.42 Å². The number of methoxy groups -OCH3 is 1. The van der Waals surface area contributed by atoms with Gasteiger partial charge in [-0.1, -0.05) is 37.6 Å². The van der Waals surface area contributed by atoms with Crippen molar-refractivity contribution in [2.75, 3.05) is 7.11 Å². The summed E-state index contributed by atoms with van der Waals surface area (Å²) in [7, 11) is -2.52. The molecule has 0 saturated carbocycles. The number of aliphatic carboxylic acids is 1. The van der Waals surface area contributed by atoms with Crippen molar-refractivity contribution in [1.82, 2.24) is 4.31 Å². The molecule has 6 nitrogen and oxygen atoms in total. The predicted octanol–water partition coefficient (Wildman–Crippen LogP) is 4.04. The summed E-state index contributed by atoms with van der Waals surface area (Å²) in [6.45, 7) is 3.64. The van der Waals surface area contributed by atoms with Crippen LogP contribution in [0.25, 0.3) is 0 Å². The normalized spacial score (nSPS) is 12.9. The molecule has 0 unspecified atom stereocenters. The maximum absolute atomic E-state index is 13.3. The third-order valence-corrected chi connectivity index (χ3v) is 6.37. The van der Waals surface area contributed by atoms with Crippen LogP contribution in [0, 0.1) is 5.92 Å². The second-order valence-corrected chi connectivity index (χ2v) is 9.16. The van der Waals surface area contributed by atoms with Crippen molar-refractivity contribution in [1.29, 1.82) is 0 Å². The molecular formula is C20H24ClNO5S. The van der Waals surface area contributed by atoms with Gasteiger partial charge in [-0.05, 0) is 54.3 Å². The smallest absolute Gasteiger partial charge is 0.322 e. The molecule has 0 spiro atoms. The number of carbonyl (C=O) groups is 1. The van der Waals surface area contributed by atoms with Crippen LogP contribution in [0.3, 0.4) is 0 Å². The molecule has 2 aromatic carbocycles. The molecule has 0 aliphatic carbocycles. The predicted molar refractivity (Wildman–Crippen MR) is 108 cm³/mol. The molecule has 2 rings (SSSR count). The third kappa shape index (κ3) is 5.47. The highest BCUT2D eigenvalue weighted by molar-refractivity contribution is 7.89. The molecule has 1 N–H and O–H groups in total. The van der Waals surface area contributed by atoms with Gasteiger partial charge in [0.2, 0.25) is 10.0 Å². The first-order valence-electron chi connectivity index (χ1n) is 8.78. The minimum Gasteiger partial charge on any atom is -0.497 e. The van der Waals surface area contributed by atoms with Gasteiger partial charge in [0.15, 0.2) is 0 Å². The number of nitrogens with zero attached hydrogens (tertiary/aromatic N) is 1. The zero-order valence-electron chi connectivity index (χ0n) is 16.0. The highest BCUT2D eigenvalue weighted by Crippen LogP contribution is 2.26. The molecule has 0 saturated heterocycles. The van der Waals surface area contributed by atoms with Crippen molar-refractivity contribution in [3.63, 3.8) is 0 Å². The molecule has 1 atom stereocenters. The molecule has 0 amide bonds. The van der Waals surface area contributed by atoms with Crippen LogP contribution in [0.2, 0.25) is 5.02 Å². The Balaban J connectivity index is 2.49. The Morgan fingerprint density at radius 3 is 2.14 bits per heavy atom. The molecule has 0 aliphatic rings. The zero-order valence-corrected chi connectivity index (χ0v) is 17.6. The Morgan fingerprint density at radius 1 is 1.11 bits per heavy atom. The molecule has 2 aromatic rings. The van der Waals surface area contributed by atoms with Crippen LogP contribution < -0.4 is 4.74 Å². The molecular weight excluding hydrogens is 402 g/mol. The number of benzene rings is 2. The number of rotatable bonds is 9. The minimum absolute atomic E-state index is 0.000106. The fourth-order valence-electron chi connectivity index (χ4n) is 2.80. The van der Waals surface area contributed by atoms with Crippen LogP contribution in [0.15, 0.2) is 53.4 Å². The van der Waals surface area contributed by atoms with E-state index in [1.807, 2.05) is 13.8 Å². The lowest BCUT2D eigenvalue weighted by Gasteiger charge is -2.29. The molecule has 0 aliphatic heterocycles. The lowest BCUT2D eigenvalue weighted by atomic mass is 10.0. The summed E-state index contributed by atoms with van der Waals surface area (Å²) in [6, 6.07) is 11.4. The SMILES string of the molecule is COc1ccc(CN([C@H](CC(C)C)C(=O)O)S(=O)(=O)c2ccc(Cl)cc2)cc1. The molecule has 0 fully saturated rings. The van der Waals surface area contributed by atoms with Crippen molar-refractivity contribution in [3.8, 4) is 5.75 Å². The molecule has 8 heteroatoms. The topological polar surface area (TPSA) is 83.9 Å². The summed E-state index contributed by atoms with van der Waals surface area (Å²) >= 11 is 5.87. The highest BCUT2D eigenvalue weighted by Gasteiger charge is 2.36. The first-order chi connectivity index (χ1) is 13.1. The Hall–Kier alpha value is -2.09. The van der Waals surface area contributed by atoms with E-state index in [1.54, 1.807) is 24.3 Å². The Labute approximate surface area is 170 Å². The number of hydrogen-bond acceptors (Lipinski definition) is 4. The molecule has 0 aromatic heterocycles. The first-order valence-corrected chi connectivity index (χ1v) is 10.6. The van der Waals surface area contributed by atoms with E-state index < -0.39 is 22.0 Å². The van der Waals surface area contributed by atoms with Crippen LogP contribution in [-0.2, 0) is 21.4 Å². The van der Waals surface area contributed by atoms with E-state index in [9.17, 15) is 18.3 Å². The number of carboxylic acids is 1. The van der Waals surface area contributed by atoms with E-state index in [2.05, 4.69) is 0 Å². The fourth-order valence-corrected chi connectivity index (χ4v) is 4.51. The highest BCUT2D eigenvalue weighted by atomic mass is 35.5. The standard InChI is InChI=1S/C20H24ClNO5S/c1-14(2)12-19(20(23)24)22(13-15-4-8-17(27-3)9-5-15)28(25,26)18-10-6-16(21)7-11-18/h4-11,14,19H,12-13H2,1-3H3,(H,23,24)/t19-/m1/s1. The summed E-state index contributed by atoms with van der Waals surface area (Å²) < 4.78 is 32.8. The quantitative estimate of drug-likeness (QED) is 0.655. The molecule has 0 heterocycles. The summed E-state index contributed by atoms with van der Waals surface area (Å²) in [5.74, 6) is -0.549. The van der Waals surface area contributed by atoms with Gasteiger partial charge in [-0.15, -0.1) is 0 Å². The lowest BCUT2D eigenvalue weighted by Crippen LogP contribution is -2.45. The van der Waals surface area contributed by atoms with Gasteiger partial charge in [0.1, 0.15) is 11.8 Å². The van der Waals surface area contributed by atoms with E-state index >= 15 is 0 Å². The van der Waals surface area contributed by atoms with Gasteiger partial charge in [-0.3, -0.25) is 4.79 Å². The van der Waals surface area contributed by atoms with Gasteiger partial charge in [-0.2, -0.15) is 4.31 Å². The van der Waals surface area contributed by atoms with Gasteiger partial charge in [0, 0.05) is 11.6 Å². The van der Waals surface area contributed by atoms with E-state index in [-0.39, 0.29) is 23.8 Å². The van der Waals surface area contributed by atoms with Crippen molar-refractivity contribution in [3.05, 3.63) is 59.1 Å². The average Bonchev–Trinajstić information content (AvgIpc) is 2.65. The Kier molecular flexibility index (Phi) is 7.46. The second-order valence-electron chi connectivity index (χ2n) is 6.84. The van der Waals surface area contributed by atoms with Gasteiger partial charge in [0.25, 0.3) is 0 Å². The van der Waals surface area contributed by atoms with Crippen LogP contribution in [0.4, 0.5) is 0 Å². The fraction of sp³-hybridized carbons (Fsp3) is 0.350. The average molecular weight is 426 g/mol. The number of hydrogen-bond donors (Lipinski definition) is 1. The van der Waals surface area contributed by atoms with E-state index in [1.165, 1.54) is 31.4 Å². The maximum Gasteiger partial charge on any atom is 0.322 e. The Bertz CT molecular complexity index is 895. The molecule has 28 heavy (non-hydrogen) atoms. The maximum atomic E-state index is 13.3. The number of sulfonamides is 1. The monoisotopic (exact) mass is 425 g/mol. The first kappa shape index (κ1) is 22.2. The summed E-state index contributed by atoms with van der Waals surface area (Å²) in [5, 5.41) is 10.2. The molecule has 0 bridgehead atoms. The largest absolute Gasteiger partial charge is 0.497 e. The van der Waals surface area contributed by atoms with E-state index in [0.717, 1.165) is 4.31 Å². The van der Waals surface area contributed by atoms with Crippen LogP contribution in [0.5, 0.6) is 5.75 Å². The van der Waals surface area contributed by atoms with Crippen LogP contribution in [0.1, 0.15) is 25.8 Å². The van der Waals surface area contributed by atoms with Crippen LogP contribution >= 0.6 is 11.6 Å². The summed E-state index contributed by atoms with van der Waals surface area (Å²) in [5.41, 5.74) is 0.661. The second kappa shape index (κ2) is 9.41. The summed E-state index contributed by atoms with van der Waals surface area (Å²) in [4.78, 5) is 12.0. The van der Waals surface area contributed by atoms with Gasteiger partial charge < -0.3 is 9.84 Å². The lowest BCUT2D eigenvalue weighted by molar-refractivity contribution is -0.142. The van der Waals surface area contributed by atoms with Gasteiger partial charge >= 0.3 is 5.97 Å². The number of carboxylic acid groups (broad SMARTS) is 1. The zero-order chi connectivity index (χ0) is 20.9. The molecule has 0 radical (unpaired) electrons. The number of ether oxygens (including phenoxy) is 1. The third-order valence-electron chi connectivity index (χ3n) is 4.25.